The van der Waals surface area contributed by atoms with E-state index in [1.165, 1.54) is 4.68 Å². The molecule has 0 radical (unpaired) electrons. The maximum absolute atomic E-state index is 12.9. The number of nitrogens with zero attached hydrogens (tertiary/aromatic N) is 5. The van der Waals surface area contributed by atoms with Gasteiger partial charge in [-0.2, -0.15) is 5.10 Å². The Labute approximate surface area is 136 Å². The topological polar surface area (TPSA) is 63.4 Å². The second kappa shape index (κ2) is 5.78. The van der Waals surface area contributed by atoms with Gasteiger partial charge >= 0.3 is 5.69 Å². The van der Waals surface area contributed by atoms with Crippen LogP contribution in [-0.2, 0) is 24.8 Å². The van der Waals surface area contributed by atoms with Gasteiger partial charge in [-0.3, -0.25) is 14.3 Å². The highest BCUT2D eigenvalue weighted by Gasteiger charge is 2.38. The van der Waals surface area contributed by atoms with Gasteiger partial charge in [0.05, 0.1) is 5.92 Å². The summed E-state index contributed by atoms with van der Waals surface area (Å²) in [4.78, 5) is 29.4. The Morgan fingerprint density at radius 2 is 2.09 bits per heavy atom. The minimum Gasteiger partial charge on any atom is -0.339 e. The lowest BCUT2D eigenvalue weighted by Crippen LogP contribution is -2.61. The van der Waals surface area contributed by atoms with Gasteiger partial charge in [0.1, 0.15) is 5.82 Å². The molecule has 23 heavy (non-hydrogen) atoms. The molecule has 0 N–H and O–H groups in total. The molecule has 1 amide bonds. The van der Waals surface area contributed by atoms with Gasteiger partial charge in [-0.1, -0.05) is 6.92 Å². The Balaban J connectivity index is 1.72. The van der Waals surface area contributed by atoms with Gasteiger partial charge in [-0.05, 0) is 26.8 Å². The zero-order valence-corrected chi connectivity index (χ0v) is 14.6. The average molecular weight is 321 g/mol. The van der Waals surface area contributed by atoms with E-state index in [2.05, 4.69) is 30.8 Å². The molecule has 1 aromatic rings. The van der Waals surface area contributed by atoms with Gasteiger partial charge in [-0.25, -0.2) is 9.48 Å². The van der Waals surface area contributed by atoms with E-state index in [0.717, 1.165) is 38.4 Å². The fourth-order valence-electron chi connectivity index (χ4n) is 3.96. The van der Waals surface area contributed by atoms with Gasteiger partial charge in [-0.15, -0.1) is 0 Å². The molecule has 0 aliphatic carbocycles. The molecule has 128 valence electrons. The van der Waals surface area contributed by atoms with Crippen LogP contribution in [0.15, 0.2) is 4.79 Å². The number of amides is 1. The highest BCUT2D eigenvalue weighted by atomic mass is 16.2. The molecule has 0 bridgehead atoms. The molecular formula is C16H27N5O2. The fraction of sp³-hybridized carbons (Fsp3) is 0.812. The first-order valence-corrected chi connectivity index (χ1v) is 8.50. The maximum Gasteiger partial charge on any atom is 0.345 e. The summed E-state index contributed by atoms with van der Waals surface area (Å²) in [6, 6.07) is 0. The lowest BCUT2D eigenvalue weighted by atomic mass is 9.94. The SMILES string of the molecule is CCN1CCN(C(=O)[C@@H]2CCc3nn(C)c(=O)n3C2)CC1(C)C. The predicted octanol–water partition coefficient (Wildman–Crippen LogP) is 0.0869. The summed E-state index contributed by atoms with van der Waals surface area (Å²) in [5.41, 5.74) is -0.109. The number of carbonyl (C=O) groups is 1. The van der Waals surface area contributed by atoms with E-state index in [1.54, 1.807) is 11.6 Å². The second-order valence-electron chi connectivity index (χ2n) is 7.32. The summed E-state index contributed by atoms with van der Waals surface area (Å²) in [7, 11) is 1.66. The number of likely N-dealkylation sites (N-methyl/N-ethyl adjacent to an activating group) is 1. The predicted molar refractivity (Wildman–Crippen MR) is 87.2 cm³/mol. The molecule has 3 heterocycles. The molecule has 0 aromatic carbocycles. The number of aromatic nitrogens is 3. The van der Waals surface area contributed by atoms with Crippen LogP contribution >= 0.6 is 0 Å². The van der Waals surface area contributed by atoms with Crippen molar-refractivity contribution in [2.45, 2.75) is 45.7 Å². The van der Waals surface area contributed by atoms with E-state index in [0.29, 0.717) is 13.0 Å². The molecule has 1 saturated heterocycles. The Morgan fingerprint density at radius 3 is 2.74 bits per heavy atom. The quantitative estimate of drug-likeness (QED) is 0.774. The second-order valence-corrected chi connectivity index (χ2v) is 7.32. The summed E-state index contributed by atoms with van der Waals surface area (Å²) in [6.07, 6.45) is 1.48. The molecule has 0 spiro atoms. The van der Waals surface area contributed by atoms with E-state index in [-0.39, 0.29) is 23.1 Å². The zero-order chi connectivity index (χ0) is 16.8. The number of carbonyl (C=O) groups excluding carboxylic acids is 1. The Morgan fingerprint density at radius 1 is 1.35 bits per heavy atom. The third-order valence-corrected chi connectivity index (χ3v) is 5.32. The van der Waals surface area contributed by atoms with Crippen LogP contribution in [0.5, 0.6) is 0 Å². The smallest absolute Gasteiger partial charge is 0.339 e. The van der Waals surface area contributed by atoms with Crippen molar-refractivity contribution in [3.05, 3.63) is 16.3 Å². The van der Waals surface area contributed by atoms with Gasteiger partial charge in [0, 0.05) is 45.2 Å². The van der Waals surface area contributed by atoms with Crippen LogP contribution in [0.1, 0.15) is 33.0 Å². The first-order valence-electron chi connectivity index (χ1n) is 8.50. The number of piperazine rings is 1. The molecule has 1 atom stereocenters. The minimum atomic E-state index is -0.117. The van der Waals surface area contributed by atoms with Crippen molar-refractivity contribution < 1.29 is 4.79 Å². The number of hydrogen-bond acceptors (Lipinski definition) is 4. The Hall–Kier alpha value is -1.63. The third-order valence-electron chi connectivity index (χ3n) is 5.32. The van der Waals surface area contributed by atoms with Crippen LogP contribution in [0, 0.1) is 5.92 Å². The van der Waals surface area contributed by atoms with Crippen molar-refractivity contribution in [2.24, 2.45) is 13.0 Å². The van der Waals surface area contributed by atoms with Crippen LogP contribution in [0.4, 0.5) is 0 Å². The molecular weight excluding hydrogens is 294 g/mol. The van der Waals surface area contributed by atoms with Crippen molar-refractivity contribution in [3.63, 3.8) is 0 Å². The molecule has 3 rings (SSSR count). The van der Waals surface area contributed by atoms with Crippen LogP contribution in [0.3, 0.4) is 0 Å². The number of aryl methyl sites for hydroxylation is 2. The van der Waals surface area contributed by atoms with E-state index in [9.17, 15) is 9.59 Å². The Bertz CT molecular complexity index is 660. The molecule has 7 nitrogen and oxygen atoms in total. The molecule has 1 fully saturated rings. The highest BCUT2D eigenvalue weighted by molar-refractivity contribution is 5.79. The van der Waals surface area contributed by atoms with Gasteiger partial charge < -0.3 is 4.90 Å². The normalized spacial score (nSPS) is 24.5. The number of hydrogen-bond donors (Lipinski definition) is 0. The lowest BCUT2D eigenvalue weighted by molar-refractivity contribution is -0.141. The van der Waals surface area contributed by atoms with E-state index in [4.69, 9.17) is 0 Å². The largest absolute Gasteiger partial charge is 0.345 e. The third kappa shape index (κ3) is 2.82. The fourth-order valence-corrected chi connectivity index (χ4v) is 3.96. The van der Waals surface area contributed by atoms with Crippen LogP contribution < -0.4 is 5.69 Å². The summed E-state index contributed by atoms with van der Waals surface area (Å²) in [5, 5.41) is 4.24. The molecule has 0 saturated carbocycles. The first kappa shape index (κ1) is 16.2. The van der Waals surface area contributed by atoms with E-state index >= 15 is 0 Å². The van der Waals surface area contributed by atoms with Crippen molar-refractivity contribution >= 4 is 5.91 Å². The monoisotopic (exact) mass is 321 g/mol. The van der Waals surface area contributed by atoms with Crippen LogP contribution in [0.2, 0.25) is 0 Å². The van der Waals surface area contributed by atoms with Crippen LogP contribution in [-0.4, -0.2) is 61.8 Å². The lowest BCUT2D eigenvalue weighted by Gasteiger charge is -2.47. The highest BCUT2D eigenvalue weighted by Crippen LogP contribution is 2.25. The zero-order valence-electron chi connectivity index (χ0n) is 14.6. The molecule has 7 heteroatoms. The number of fused-ring (bicyclic) bond motifs is 1. The van der Waals surface area contributed by atoms with Crippen molar-refractivity contribution in [2.75, 3.05) is 26.2 Å². The molecule has 2 aliphatic heterocycles. The van der Waals surface area contributed by atoms with Crippen molar-refractivity contribution in [1.82, 2.24) is 24.1 Å². The average Bonchev–Trinajstić information content (AvgIpc) is 2.80. The van der Waals surface area contributed by atoms with Gasteiger partial charge in [0.25, 0.3) is 0 Å². The van der Waals surface area contributed by atoms with Gasteiger partial charge in [0.2, 0.25) is 5.91 Å². The molecule has 0 unspecified atom stereocenters. The van der Waals surface area contributed by atoms with E-state index in [1.807, 2.05) is 4.90 Å². The van der Waals surface area contributed by atoms with Crippen molar-refractivity contribution in [1.29, 1.82) is 0 Å². The van der Waals surface area contributed by atoms with Crippen LogP contribution in [0.25, 0.3) is 0 Å². The summed E-state index contributed by atoms with van der Waals surface area (Å²) in [5.74, 6) is 0.890. The number of rotatable bonds is 2. The summed E-state index contributed by atoms with van der Waals surface area (Å²) < 4.78 is 3.03. The molecule has 2 aliphatic rings. The summed E-state index contributed by atoms with van der Waals surface area (Å²) >= 11 is 0. The van der Waals surface area contributed by atoms with Gasteiger partial charge in [0.15, 0.2) is 0 Å². The molecule has 1 aromatic heterocycles. The standard InChI is InChI=1S/C16H27N5O2/c1-5-20-9-8-19(11-16(20,2)3)14(22)12-6-7-13-17-18(4)15(23)21(13)10-12/h12H,5-11H2,1-4H3/t12-/m1/s1. The summed E-state index contributed by atoms with van der Waals surface area (Å²) in [6.45, 7) is 10.5. The maximum atomic E-state index is 12.9. The first-order chi connectivity index (χ1) is 10.8. The minimum absolute atomic E-state index is 0.00757. The van der Waals surface area contributed by atoms with E-state index < -0.39 is 0 Å². The van der Waals surface area contributed by atoms with Crippen molar-refractivity contribution in [3.8, 4) is 0 Å². The Kier molecular flexibility index (Phi) is 4.08.